The fourth-order valence-corrected chi connectivity index (χ4v) is 2.86. The van der Waals surface area contributed by atoms with Gasteiger partial charge in [0.2, 0.25) is 0 Å². The molecule has 1 fully saturated rings. The average Bonchev–Trinajstić information content (AvgIpc) is 3.17. The number of halogens is 1. The monoisotopic (exact) mass is 348 g/mol. The van der Waals surface area contributed by atoms with Crippen LogP contribution in [0.25, 0.3) is 0 Å². The number of hydrogen-bond acceptors (Lipinski definition) is 3. The zero-order valence-corrected chi connectivity index (χ0v) is 13.1. The summed E-state index contributed by atoms with van der Waals surface area (Å²) in [5.74, 6) is 0.398. The van der Waals surface area contributed by atoms with E-state index in [0.29, 0.717) is 18.2 Å². The van der Waals surface area contributed by atoms with Crippen LogP contribution in [0.4, 0.5) is 5.69 Å². The van der Waals surface area contributed by atoms with E-state index in [9.17, 15) is 4.79 Å². The van der Waals surface area contributed by atoms with Gasteiger partial charge >= 0.3 is 0 Å². The quantitative estimate of drug-likeness (QED) is 0.891. The SMILES string of the molecule is O=C(NC[C@H]1CCN(c2ccc(Br)cc2)C1)c1cnc[nH]1. The summed E-state index contributed by atoms with van der Waals surface area (Å²) in [6.45, 7) is 2.71. The standard InChI is InChI=1S/C15H17BrN4O/c16-12-1-3-13(4-2-12)20-6-5-11(9-20)7-18-15(21)14-8-17-10-19-14/h1-4,8,10-11H,5-7,9H2,(H,17,19)(H,18,21)/t11-/m1/s1. The molecule has 1 saturated heterocycles. The van der Waals surface area contributed by atoms with Gasteiger partial charge in [-0.3, -0.25) is 4.79 Å². The third-order valence-electron chi connectivity index (χ3n) is 3.77. The van der Waals surface area contributed by atoms with Gasteiger partial charge in [-0.25, -0.2) is 4.98 Å². The predicted molar refractivity (Wildman–Crippen MR) is 85.4 cm³/mol. The summed E-state index contributed by atoms with van der Waals surface area (Å²) in [6, 6.07) is 8.36. The highest BCUT2D eigenvalue weighted by molar-refractivity contribution is 9.10. The zero-order valence-electron chi connectivity index (χ0n) is 11.6. The Balaban J connectivity index is 1.51. The molecule has 1 aliphatic rings. The largest absolute Gasteiger partial charge is 0.371 e. The van der Waals surface area contributed by atoms with Gasteiger partial charge in [-0.05, 0) is 36.6 Å². The summed E-state index contributed by atoms with van der Waals surface area (Å²) in [5.41, 5.74) is 1.75. The van der Waals surface area contributed by atoms with Gasteiger partial charge in [-0.15, -0.1) is 0 Å². The van der Waals surface area contributed by atoms with Crippen molar-refractivity contribution in [1.82, 2.24) is 15.3 Å². The molecule has 2 N–H and O–H groups in total. The van der Waals surface area contributed by atoms with E-state index in [1.54, 1.807) is 0 Å². The van der Waals surface area contributed by atoms with Crippen LogP contribution in [0.1, 0.15) is 16.9 Å². The van der Waals surface area contributed by atoms with Crippen molar-refractivity contribution in [2.75, 3.05) is 24.5 Å². The van der Waals surface area contributed by atoms with Crippen LogP contribution in [0, 0.1) is 5.92 Å². The molecule has 0 radical (unpaired) electrons. The van der Waals surface area contributed by atoms with Crippen molar-refractivity contribution in [1.29, 1.82) is 0 Å². The number of anilines is 1. The summed E-state index contributed by atoms with van der Waals surface area (Å²) in [4.78, 5) is 20.9. The summed E-state index contributed by atoms with van der Waals surface area (Å²) < 4.78 is 1.09. The molecule has 6 heteroatoms. The number of H-pyrrole nitrogens is 1. The number of imidazole rings is 1. The van der Waals surface area contributed by atoms with Crippen molar-refractivity contribution >= 4 is 27.5 Å². The maximum Gasteiger partial charge on any atom is 0.269 e. The molecule has 2 heterocycles. The molecule has 1 amide bonds. The van der Waals surface area contributed by atoms with Gasteiger partial charge in [0.1, 0.15) is 5.69 Å². The average molecular weight is 349 g/mol. The minimum absolute atomic E-state index is 0.0883. The molecule has 0 bridgehead atoms. The van der Waals surface area contributed by atoms with Crippen molar-refractivity contribution in [3.8, 4) is 0 Å². The van der Waals surface area contributed by atoms with E-state index in [-0.39, 0.29) is 5.91 Å². The number of rotatable bonds is 4. The number of aromatic nitrogens is 2. The van der Waals surface area contributed by atoms with Gasteiger partial charge in [0.05, 0.1) is 12.5 Å². The Bertz CT molecular complexity index is 597. The minimum atomic E-state index is -0.0883. The van der Waals surface area contributed by atoms with E-state index in [4.69, 9.17) is 0 Å². The summed E-state index contributed by atoms with van der Waals surface area (Å²) in [5, 5.41) is 2.96. The molecule has 0 aliphatic carbocycles. The van der Waals surface area contributed by atoms with E-state index in [1.165, 1.54) is 18.2 Å². The number of hydrogen-bond donors (Lipinski definition) is 2. The van der Waals surface area contributed by atoms with Crippen LogP contribution in [-0.2, 0) is 0 Å². The van der Waals surface area contributed by atoms with Crippen LogP contribution in [0.5, 0.6) is 0 Å². The van der Waals surface area contributed by atoms with Gasteiger partial charge in [0, 0.05) is 29.8 Å². The Labute approximate surface area is 131 Å². The Morgan fingerprint density at radius 3 is 2.95 bits per heavy atom. The second-order valence-corrected chi connectivity index (χ2v) is 6.17. The van der Waals surface area contributed by atoms with Crippen LogP contribution < -0.4 is 10.2 Å². The Kier molecular flexibility index (Phi) is 4.24. The molecular weight excluding hydrogens is 332 g/mol. The maximum absolute atomic E-state index is 11.9. The Hall–Kier alpha value is -1.82. The molecule has 0 saturated carbocycles. The van der Waals surface area contributed by atoms with Crippen molar-refractivity contribution in [3.63, 3.8) is 0 Å². The van der Waals surface area contributed by atoms with E-state index in [1.807, 2.05) is 0 Å². The molecule has 1 atom stereocenters. The molecule has 5 nitrogen and oxygen atoms in total. The highest BCUT2D eigenvalue weighted by atomic mass is 79.9. The minimum Gasteiger partial charge on any atom is -0.371 e. The molecule has 0 unspecified atom stereocenters. The second-order valence-electron chi connectivity index (χ2n) is 5.25. The molecule has 1 aliphatic heterocycles. The van der Waals surface area contributed by atoms with Crippen LogP contribution in [0.3, 0.4) is 0 Å². The van der Waals surface area contributed by atoms with Crippen LogP contribution >= 0.6 is 15.9 Å². The smallest absolute Gasteiger partial charge is 0.269 e. The van der Waals surface area contributed by atoms with E-state index >= 15 is 0 Å². The van der Waals surface area contributed by atoms with Crippen LogP contribution in [0.2, 0.25) is 0 Å². The number of nitrogens with one attached hydrogen (secondary N) is 2. The lowest BCUT2D eigenvalue weighted by Crippen LogP contribution is -2.31. The summed E-state index contributed by atoms with van der Waals surface area (Å²) in [7, 11) is 0. The first-order chi connectivity index (χ1) is 10.2. The molecule has 1 aromatic carbocycles. The lowest BCUT2D eigenvalue weighted by Gasteiger charge is -2.19. The third-order valence-corrected chi connectivity index (χ3v) is 4.30. The van der Waals surface area contributed by atoms with Crippen molar-refractivity contribution in [2.24, 2.45) is 5.92 Å². The summed E-state index contributed by atoms with van der Waals surface area (Å²) >= 11 is 3.45. The fourth-order valence-electron chi connectivity index (χ4n) is 2.60. The van der Waals surface area contributed by atoms with Gasteiger partial charge in [-0.2, -0.15) is 0 Å². The van der Waals surface area contributed by atoms with Gasteiger partial charge in [-0.1, -0.05) is 15.9 Å². The highest BCUT2D eigenvalue weighted by Gasteiger charge is 2.23. The van der Waals surface area contributed by atoms with E-state index in [0.717, 1.165) is 24.0 Å². The molecule has 21 heavy (non-hydrogen) atoms. The Morgan fingerprint density at radius 1 is 1.43 bits per heavy atom. The predicted octanol–water partition coefficient (Wildman–Crippen LogP) is 2.43. The lowest BCUT2D eigenvalue weighted by atomic mass is 10.1. The normalized spacial score (nSPS) is 18.0. The number of aromatic amines is 1. The molecule has 1 aromatic heterocycles. The molecule has 0 spiro atoms. The van der Waals surface area contributed by atoms with E-state index in [2.05, 4.69) is 60.4 Å². The van der Waals surface area contributed by atoms with Gasteiger partial charge < -0.3 is 15.2 Å². The first kappa shape index (κ1) is 14.1. The number of carbonyl (C=O) groups is 1. The first-order valence-electron chi connectivity index (χ1n) is 6.99. The molecule has 3 rings (SSSR count). The van der Waals surface area contributed by atoms with Gasteiger partial charge in [0.25, 0.3) is 5.91 Å². The van der Waals surface area contributed by atoms with E-state index < -0.39 is 0 Å². The number of amides is 1. The number of nitrogens with zero attached hydrogens (tertiary/aromatic N) is 2. The molecule has 110 valence electrons. The lowest BCUT2D eigenvalue weighted by molar-refractivity contribution is 0.0944. The number of carbonyl (C=O) groups excluding carboxylic acids is 1. The van der Waals surface area contributed by atoms with Crippen molar-refractivity contribution in [3.05, 3.63) is 47.0 Å². The van der Waals surface area contributed by atoms with Crippen molar-refractivity contribution < 1.29 is 4.79 Å². The van der Waals surface area contributed by atoms with Crippen LogP contribution in [-0.4, -0.2) is 35.5 Å². The number of benzene rings is 1. The second kappa shape index (κ2) is 6.30. The van der Waals surface area contributed by atoms with Gasteiger partial charge in [0.15, 0.2) is 0 Å². The van der Waals surface area contributed by atoms with Crippen molar-refractivity contribution in [2.45, 2.75) is 6.42 Å². The first-order valence-corrected chi connectivity index (χ1v) is 7.79. The third kappa shape index (κ3) is 3.44. The fraction of sp³-hybridized carbons (Fsp3) is 0.333. The van der Waals surface area contributed by atoms with Crippen LogP contribution in [0.15, 0.2) is 41.3 Å². The topological polar surface area (TPSA) is 61.0 Å². The summed E-state index contributed by atoms with van der Waals surface area (Å²) in [6.07, 6.45) is 4.15. The Morgan fingerprint density at radius 2 is 2.24 bits per heavy atom. The molecule has 2 aromatic rings. The molecular formula is C15H17BrN4O. The highest BCUT2D eigenvalue weighted by Crippen LogP contribution is 2.24. The zero-order chi connectivity index (χ0) is 14.7. The maximum atomic E-state index is 11.9.